The molecule has 2 amide bonds. The van der Waals surface area contributed by atoms with E-state index in [0.29, 0.717) is 27.8 Å². The van der Waals surface area contributed by atoms with Gasteiger partial charge in [-0.3, -0.25) is 13.9 Å². The molecule has 10 heteroatoms. The summed E-state index contributed by atoms with van der Waals surface area (Å²) in [7, 11) is -3.54. The Bertz CT molecular complexity index is 1100. The van der Waals surface area contributed by atoms with Crippen LogP contribution in [0, 0.1) is 6.92 Å². The maximum Gasteiger partial charge on any atom is 0.242 e. The molecule has 2 aromatic rings. The summed E-state index contributed by atoms with van der Waals surface area (Å²) in [4.78, 5) is 27.2. The van der Waals surface area contributed by atoms with E-state index in [1.54, 1.807) is 50.2 Å². The first-order valence-electron chi connectivity index (χ1n) is 11.0. The minimum atomic E-state index is -3.54. The molecule has 1 N–H and O–H groups in total. The Morgan fingerprint density at radius 1 is 1.09 bits per heavy atom. The summed E-state index contributed by atoms with van der Waals surface area (Å²) in [6, 6.07) is 11.5. The van der Waals surface area contributed by atoms with Crippen LogP contribution in [0.2, 0.25) is 10.0 Å². The van der Waals surface area contributed by atoms with Crippen molar-refractivity contribution in [3.8, 4) is 0 Å². The molecule has 34 heavy (non-hydrogen) atoms. The van der Waals surface area contributed by atoms with Crippen molar-refractivity contribution in [2.75, 3.05) is 23.7 Å². The molecule has 2 rings (SSSR count). The van der Waals surface area contributed by atoms with E-state index in [2.05, 4.69) is 5.32 Å². The lowest BCUT2D eigenvalue weighted by atomic mass is 10.1. The van der Waals surface area contributed by atoms with E-state index >= 15 is 0 Å². The zero-order valence-electron chi connectivity index (χ0n) is 19.8. The molecule has 0 aliphatic rings. The van der Waals surface area contributed by atoms with E-state index in [9.17, 15) is 18.0 Å². The number of amides is 2. The Kier molecular flexibility index (Phi) is 10.2. The van der Waals surface area contributed by atoms with E-state index in [1.165, 1.54) is 9.21 Å². The molecule has 0 aromatic heterocycles. The van der Waals surface area contributed by atoms with Crippen molar-refractivity contribution in [2.45, 2.75) is 46.2 Å². The van der Waals surface area contributed by atoms with Gasteiger partial charge in [0.05, 0.1) is 11.9 Å². The number of aryl methyl sites for hydroxylation is 1. The van der Waals surface area contributed by atoms with Gasteiger partial charge in [-0.1, -0.05) is 41.4 Å². The molecule has 0 heterocycles. The minimum Gasteiger partial charge on any atom is -0.355 e. The highest BCUT2D eigenvalue weighted by atomic mass is 35.5. The average molecular weight is 529 g/mol. The van der Waals surface area contributed by atoms with Gasteiger partial charge in [0.25, 0.3) is 0 Å². The van der Waals surface area contributed by atoms with Gasteiger partial charge in [-0.2, -0.15) is 0 Å². The zero-order chi connectivity index (χ0) is 25.5. The van der Waals surface area contributed by atoms with Crippen LogP contribution in [-0.4, -0.2) is 50.5 Å². The van der Waals surface area contributed by atoms with Crippen LogP contribution in [0.4, 0.5) is 5.69 Å². The minimum absolute atomic E-state index is 0.0453. The van der Waals surface area contributed by atoms with Crippen molar-refractivity contribution in [3.05, 3.63) is 63.6 Å². The first-order chi connectivity index (χ1) is 16.0. The number of halogens is 2. The number of anilines is 1. The first-order valence-corrected chi connectivity index (χ1v) is 13.6. The predicted molar refractivity (Wildman–Crippen MR) is 138 cm³/mol. The quantitative estimate of drug-likeness (QED) is 0.469. The fourth-order valence-corrected chi connectivity index (χ4v) is 5.02. The van der Waals surface area contributed by atoms with Gasteiger partial charge in [-0.15, -0.1) is 0 Å². The molecule has 1 atom stereocenters. The normalized spacial score (nSPS) is 12.2. The number of hydrogen-bond acceptors (Lipinski definition) is 4. The van der Waals surface area contributed by atoms with Crippen LogP contribution in [-0.2, 0) is 26.2 Å². The van der Waals surface area contributed by atoms with E-state index < -0.39 is 16.1 Å². The fraction of sp³-hybridized carbons (Fsp3) is 0.417. The highest BCUT2D eigenvalue weighted by Gasteiger charge is 2.27. The van der Waals surface area contributed by atoms with Crippen LogP contribution in [0.3, 0.4) is 0 Å². The summed E-state index contributed by atoms with van der Waals surface area (Å²) in [5, 5.41) is 3.53. The summed E-state index contributed by atoms with van der Waals surface area (Å²) in [6.07, 6.45) is 1.46. The van der Waals surface area contributed by atoms with E-state index in [1.807, 2.05) is 13.0 Å². The number of benzene rings is 2. The van der Waals surface area contributed by atoms with E-state index in [-0.39, 0.29) is 37.7 Å². The molecule has 186 valence electrons. The Balaban J connectivity index is 2.21. The Labute approximate surface area is 212 Å². The van der Waals surface area contributed by atoms with Crippen molar-refractivity contribution in [2.24, 2.45) is 0 Å². The van der Waals surface area contributed by atoms with Crippen molar-refractivity contribution in [1.29, 1.82) is 0 Å². The Morgan fingerprint density at radius 2 is 1.71 bits per heavy atom. The topological polar surface area (TPSA) is 86.8 Å². The van der Waals surface area contributed by atoms with Crippen LogP contribution in [0.25, 0.3) is 0 Å². The lowest BCUT2D eigenvalue weighted by molar-refractivity contribution is -0.140. The average Bonchev–Trinajstić information content (AvgIpc) is 2.75. The number of sulfonamides is 1. The molecule has 7 nitrogen and oxygen atoms in total. The standard InChI is InChI=1S/C24H31Cl2N3O4S/c1-5-27-24(31)18(3)28(16-20-21(25)11-7-12-22(20)26)23(30)13-8-14-29(34(4,32)33)19-10-6-9-17(2)15-19/h6-7,9-12,15,18H,5,8,13-14,16H2,1-4H3,(H,27,31)/t18-/m1/s1. The molecule has 0 unspecified atom stereocenters. The van der Waals surface area contributed by atoms with Gasteiger partial charge in [-0.05, 0) is 57.0 Å². The van der Waals surface area contributed by atoms with Crippen LogP contribution >= 0.6 is 23.2 Å². The van der Waals surface area contributed by atoms with Gasteiger partial charge in [0.15, 0.2) is 0 Å². The number of hydrogen-bond donors (Lipinski definition) is 1. The molecule has 0 saturated heterocycles. The van der Waals surface area contributed by atoms with Gasteiger partial charge in [0.2, 0.25) is 21.8 Å². The second kappa shape index (κ2) is 12.4. The molecule has 0 radical (unpaired) electrons. The zero-order valence-corrected chi connectivity index (χ0v) is 22.2. The largest absolute Gasteiger partial charge is 0.355 e. The third kappa shape index (κ3) is 7.61. The number of nitrogens with one attached hydrogen (secondary N) is 1. The van der Waals surface area contributed by atoms with Gasteiger partial charge in [0.1, 0.15) is 6.04 Å². The second-order valence-corrected chi connectivity index (χ2v) is 10.8. The summed E-state index contributed by atoms with van der Waals surface area (Å²) in [5.74, 6) is -0.594. The van der Waals surface area contributed by atoms with Crippen molar-refractivity contribution in [3.63, 3.8) is 0 Å². The van der Waals surface area contributed by atoms with Crippen molar-refractivity contribution >= 4 is 50.7 Å². The van der Waals surface area contributed by atoms with Crippen molar-refractivity contribution < 1.29 is 18.0 Å². The van der Waals surface area contributed by atoms with Gasteiger partial charge in [0, 0.05) is 41.7 Å². The maximum atomic E-state index is 13.2. The number of likely N-dealkylation sites (N-methyl/N-ethyl adjacent to an activating group) is 1. The van der Waals surface area contributed by atoms with Gasteiger partial charge in [-0.25, -0.2) is 8.42 Å². The molecular formula is C24H31Cl2N3O4S. The molecule has 0 spiro atoms. The lowest BCUT2D eigenvalue weighted by Gasteiger charge is -2.30. The fourth-order valence-electron chi connectivity index (χ4n) is 3.55. The molecular weight excluding hydrogens is 497 g/mol. The summed E-state index contributed by atoms with van der Waals surface area (Å²) < 4.78 is 26.1. The number of carbonyl (C=O) groups excluding carboxylic acids is 2. The number of nitrogens with zero attached hydrogens (tertiary/aromatic N) is 2. The van der Waals surface area contributed by atoms with Crippen LogP contribution in [0.1, 0.15) is 37.8 Å². The highest BCUT2D eigenvalue weighted by molar-refractivity contribution is 7.92. The van der Waals surface area contributed by atoms with Crippen LogP contribution < -0.4 is 9.62 Å². The smallest absolute Gasteiger partial charge is 0.242 e. The molecule has 0 saturated carbocycles. The first kappa shape index (κ1) is 28.0. The number of carbonyl (C=O) groups is 2. The second-order valence-electron chi connectivity index (χ2n) is 8.07. The van der Waals surface area contributed by atoms with Gasteiger partial charge >= 0.3 is 0 Å². The molecule has 2 aromatic carbocycles. The highest BCUT2D eigenvalue weighted by Crippen LogP contribution is 2.27. The Morgan fingerprint density at radius 3 is 2.26 bits per heavy atom. The summed E-state index contributed by atoms with van der Waals surface area (Å²) in [5.41, 5.74) is 2.03. The van der Waals surface area contributed by atoms with Crippen molar-refractivity contribution in [1.82, 2.24) is 10.2 Å². The summed E-state index contributed by atoms with van der Waals surface area (Å²) >= 11 is 12.6. The number of rotatable bonds is 11. The maximum absolute atomic E-state index is 13.2. The lowest BCUT2D eigenvalue weighted by Crippen LogP contribution is -2.47. The molecule has 0 fully saturated rings. The molecule has 0 bridgehead atoms. The van der Waals surface area contributed by atoms with E-state index in [4.69, 9.17) is 23.2 Å². The monoisotopic (exact) mass is 527 g/mol. The molecule has 0 aliphatic heterocycles. The molecule has 0 aliphatic carbocycles. The van der Waals surface area contributed by atoms with Crippen LogP contribution in [0.5, 0.6) is 0 Å². The van der Waals surface area contributed by atoms with E-state index in [0.717, 1.165) is 11.8 Å². The predicted octanol–water partition coefficient (Wildman–Crippen LogP) is 4.40. The van der Waals surface area contributed by atoms with Crippen LogP contribution in [0.15, 0.2) is 42.5 Å². The summed E-state index contributed by atoms with van der Waals surface area (Å²) in [6.45, 7) is 5.94. The SMILES string of the molecule is CCNC(=O)[C@@H](C)N(Cc1c(Cl)cccc1Cl)C(=O)CCCN(c1cccc(C)c1)S(C)(=O)=O. The third-order valence-corrected chi connectivity index (χ3v) is 7.25. The Hall–Kier alpha value is -2.29. The third-order valence-electron chi connectivity index (χ3n) is 5.35. The van der Waals surface area contributed by atoms with Gasteiger partial charge < -0.3 is 10.2 Å².